The molecule has 6 heteroatoms. The van der Waals surface area contributed by atoms with Crippen molar-refractivity contribution in [2.45, 2.75) is 25.0 Å². The van der Waals surface area contributed by atoms with Crippen LogP contribution in [0.2, 0.25) is 0 Å². The molecule has 0 spiro atoms. The van der Waals surface area contributed by atoms with Crippen LogP contribution in [0.25, 0.3) is 0 Å². The molecular weight excluding hydrogens is 272 g/mol. The van der Waals surface area contributed by atoms with Gasteiger partial charge in [-0.05, 0) is 19.0 Å². The molecule has 0 radical (unpaired) electrons. The maximum atomic E-state index is 12.2. The first kappa shape index (κ1) is 15.6. The summed E-state index contributed by atoms with van der Waals surface area (Å²) in [7, 11) is 3.11. The third-order valence-corrected chi connectivity index (χ3v) is 3.63. The summed E-state index contributed by atoms with van der Waals surface area (Å²) in [5.41, 5.74) is 0.762. The van der Waals surface area contributed by atoms with Crippen LogP contribution in [0.5, 0.6) is 11.5 Å². The number of carbonyl (C=O) groups excluding carboxylic acids is 1. The normalized spacial score (nSPS) is 21.7. The van der Waals surface area contributed by atoms with Crippen molar-refractivity contribution in [3.63, 3.8) is 0 Å². The van der Waals surface area contributed by atoms with Crippen molar-refractivity contribution in [1.29, 1.82) is 0 Å². The minimum Gasteiger partial charge on any atom is -0.493 e. The number of carbonyl (C=O) groups is 1. The number of β-amino-alcohol motifs (C(OH)–C–C–N with tert-alkyl or cyclic N) is 1. The van der Waals surface area contributed by atoms with Crippen molar-refractivity contribution in [2.75, 3.05) is 27.3 Å². The fourth-order valence-electron chi connectivity index (χ4n) is 2.53. The lowest BCUT2D eigenvalue weighted by atomic mass is 10.0. The van der Waals surface area contributed by atoms with Gasteiger partial charge in [-0.25, -0.2) is 0 Å². The summed E-state index contributed by atoms with van der Waals surface area (Å²) in [5.74, 6) is 1.04. The van der Waals surface area contributed by atoms with Crippen LogP contribution in [0.3, 0.4) is 0 Å². The lowest BCUT2D eigenvalue weighted by Crippen LogP contribution is -2.52. The second-order valence-electron chi connectivity index (χ2n) is 5.06. The van der Waals surface area contributed by atoms with Crippen molar-refractivity contribution < 1.29 is 19.4 Å². The van der Waals surface area contributed by atoms with E-state index < -0.39 is 6.10 Å². The second kappa shape index (κ2) is 7.28. The number of methoxy groups -OCH3 is 2. The molecule has 1 amide bonds. The van der Waals surface area contributed by atoms with Crippen LogP contribution in [0.4, 0.5) is 0 Å². The Labute approximate surface area is 124 Å². The summed E-state index contributed by atoms with van der Waals surface area (Å²) in [6, 6.07) is 5.25. The predicted octanol–water partition coefficient (Wildman–Crippen LogP) is 0.0853. The molecule has 0 unspecified atom stereocenters. The minimum absolute atomic E-state index is 0.132. The Hall–Kier alpha value is -1.79. The van der Waals surface area contributed by atoms with Gasteiger partial charge in [-0.15, -0.1) is 0 Å². The number of hydrogen-bond acceptors (Lipinski definition) is 5. The number of amides is 1. The summed E-state index contributed by atoms with van der Waals surface area (Å²) < 4.78 is 10.5. The lowest BCUT2D eigenvalue weighted by molar-refractivity contribution is -0.122. The predicted molar refractivity (Wildman–Crippen MR) is 78.7 cm³/mol. The Balaban J connectivity index is 2.02. The highest BCUT2D eigenvalue weighted by atomic mass is 16.5. The largest absolute Gasteiger partial charge is 0.493 e. The Morgan fingerprint density at radius 2 is 2.24 bits per heavy atom. The van der Waals surface area contributed by atoms with Crippen LogP contribution in [-0.4, -0.2) is 50.5 Å². The van der Waals surface area contributed by atoms with Crippen molar-refractivity contribution in [1.82, 2.24) is 10.6 Å². The fraction of sp³-hybridized carbons (Fsp3) is 0.533. The van der Waals surface area contributed by atoms with Gasteiger partial charge in [-0.3, -0.25) is 4.79 Å². The van der Waals surface area contributed by atoms with Crippen molar-refractivity contribution >= 4 is 5.91 Å². The molecule has 21 heavy (non-hydrogen) atoms. The van der Waals surface area contributed by atoms with Gasteiger partial charge in [0.15, 0.2) is 11.5 Å². The third kappa shape index (κ3) is 3.86. The zero-order chi connectivity index (χ0) is 15.2. The van der Waals surface area contributed by atoms with Crippen LogP contribution in [0, 0.1) is 0 Å². The van der Waals surface area contributed by atoms with Gasteiger partial charge >= 0.3 is 0 Å². The van der Waals surface area contributed by atoms with Gasteiger partial charge in [0.1, 0.15) is 0 Å². The number of rotatable bonds is 5. The Kier molecular flexibility index (Phi) is 5.41. The molecule has 1 aromatic rings. The van der Waals surface area contributed by atoms with E-state index in [1.165, 1.54) is 0 Å². The monoisotopic (exact) mass is 294 g/mol. The summed E-state index contributed by atoms with van der Waals surface area (Å²) >= 11 is 0. The van der Waals surface area contributed by atoms with E-state index in [1.54, 1.807) is 20.3 Å². The second-order valence-corrected chi connectivity index (χ2v) is 5.06. The van der Waals surface area contributed by atoms with Crippen LogP contribution in [0.1, 0.15) is 12.0 Å². The highest BCUT2D eigenvalue weighted by Crippen LogP contribution is 2.30. The molecule has 1 saturated heterocycles. The molecule has 2 atom stereocenters. The Bertz CT molecular complexity index is 493. The molecule has 1 aliphatic rings. The van der Waals surface area contributed by atoms with Gasteiger partial charge < -0.3 is 25.2 Å². The van der Waals surface area contributed by atoms with E-state index in [0.29, 0.717) is 18.0 Å². The molecule has 0 bridgehead atoms. The van der Waals surface area contributed by atoms with Crippen molar-refractivity contribution in [2.24, 2.45) is 0 Å². The van der Waals surface area contributed by atoms with Gasteiger partial charge in [0.05, 0.1) is 32.8 Å². The van der Waals surface area contributed by atoms with E-state index in [2.05, 4.69) is 10.6 Å². The number of ether oxygens (including phenoxy) is 2. The molecule has 116 valence electrons. The quantitative estimate of drug-likeness (QED) is 0.717. The molecule has 1 heterocycles. The topological polar surface area (TPSA) is 79.8 Å². The van der Waals surface area contributed by atoms with Gasteiger partial charge in [-0.2, -0.15) is 0 Å². The van der Waals surface area contributed by atoms with Crippen LogP contribution in [-0.2, 0) is 11.2 Å². The summed E-state index contributed by atoms with van der Waals surface area (Å²) in [5, 5.41) is 15.8. The molecule has 2 rings (SSSR count). The van der Waals surface area contributed by atoms with E-state index in [1.807, 2.05) is 12.1 Å². The summed E-state index contributed by atoms with van der Waals surface area (Å²) in [6.07, 6.45) is 0.369. The van der Waals surface area contributed by atoms with Crippen LogP contribution >= 0.6 is 0 Å². The minimum atomic E-state index is -0.546. The number of aliphatic hydroxyl groups excluding tert-OH is 1. The molecule has 6 nitrogen and oxygen atoms in total. The smallest absolute Gasteiger partial charge is 0.224 e. The van der Waals surface area contributed by atoms with Crippen LogP contribution in [0.15, 0.2) is 18.2 Å². The summed E-state index contributed by atoms with van der Waals surface area (Å²) in [4.78, 5) is 12.2. The number of piperidine rings is 1. The number of hydrogen-bond donors (Lipinski definition) is 3. The maximum Gasteiger partial charge on any atom is 0.224 e. The molecular formula is C15H22N2O4. The molecule has 1 aliphatic heterocycles. The highest BCUT2D eigenvalue weighted by Gasteiger charge is 2.24. The number of nitrogens with one attached hydrogen (secondary N) is 2. The fourth-order valence-corrected chi connectivity index (χ4v) is 2.53. The van der Waals surface area contributed by atoms with Crippen molar-refractivity contribution in [3.05, 3.63) is 23.8 Å². The van der Waals surface area contributed by atoms with E-state index in [-0.39, 0.29) is 18.4 Å². The lowest BCUT2D eigenvalue weighted by Gasteiger charge is -2.29. The average molecular weight is 294 g/mol. The van der Waals surface area contributed by atoms with Gasteiger partial charge in [0.2, 0.25) is 5.91 Å². The third-order valence-electron chi connectivity index (χ3n) is 3.63. The van der Waals surface area contributed by atoms with Crippen molar-refractivity contribution in [3.8, 4) is 11.5 Å². The zero-order valence-electron chi connectivity index (χ0n) is 12.4. The van der Waals surface area contributed by atoms with E-state index >= 15 is 0 Å². The summed E-state index contributed by atoms with van der Waals surface area (Å²) in [6.45, 7) is 1.30. The molecule has 0 aliphatic carbocycles. The first-order valence-electron chi connectivity index (χ1n) is 7.03. The van der Waals surface area contributed by atoms with Gasteiger partial charge in [0.25, 0.3) is 0 Å². The first-order valence-corrected chi connectivity index (χ1v) is 7.03. The molecule has 0 aromatic heterocycles. The number of benzene rings is 1. The maximum absolute atomic E-state index is 12.2. The van der Waals surface area contributed by atoms with E-state index in [4.69, 9.17) is 9.47 Å². The number of aliphatic hydroxyl groups is 1. The molecule has 1 fully saturated rings. The van der Waals surface area contributed by atoms with E-state index in [9.17, 15) is 9.90 Å². The average Bonchev–Trinajstić information content (AvgIpc) is 2.49. The van der Waals surface area contributed by atoms with E-state index in [0.717, 1.165) is 18.5 Å². The first-order chi connectivity index (χ1) is 10.2. The zero-order valence-corrected chi connectivity index (χ0v) is 12.4. The standard InChI is InChI=1S/C15H22N2O4/c1-20-13-5-3-4-10(15(13)21-2)8-14(19)17-11-6-7-16-9-12(11)18/h3-5,11-12,16,18H,6-9H2,1-2H3,(H,17,19)/t11-,12-/m1/s1. The van der Waals surface area contributed by atoms with Gasteiger partial charge in [0, 0.05) is 12.1 Å². The molecule has 1 aromatic carbocycles. The van der Waals surface area contributed by atoms with Gasteiger partial charge in [-0.1, -0.05) is 12.1 Å². The number of para-hydroxylation sites is 1. The highest BCUT2D eigenvalue weighted by molar-refractivity contribution is 5.80. The Morgan fingerprint density at radius 3 is 2.90 bits per heavy atom. The molecule has 0 saturated carbocycles. The SMILES string of the molecule is COc1cccc(CC(=O)N[C@@H]2CCNC[C@H]2O)c1OC. The van der Waals surface area contributed by atoms with Crippen LogP contribution < -0.4 is 20.1 Å². The Morgan fingerprint density at radius 1 is 1.43 bits per heavy atom. The molecule has 3 N–H and O–H groups in total.